The number of halogens is 1. The molecular weight excluding hydrogens is 668 g/mol. The van der Waals surface area contributed by atoms with Gasteiger partial charge in [-0.1, -0.05) is 41.9 Å². The topological polar surface area (TPSA) is 136 Å². The molecule has 1 aliphatic carbocycles. The van der Waals surface area contributed by atoms with E-state index in [1.54, 1.807) is 14.2 Å². The lowest BCUT2D eigenvalue weighted by Crippen LogP contribution is -2.53. The van der Waals surface area contributed by atoms with Crippen molar-refractivity contribution in [3.8, 4) is 28.3 Å². The highest BCUT2D eigenvalue weighted by atomic mass is 35.5. The molecule has 0 bridgehead atoms. The minimum Gasteiger partial charge on any atom is -0.481 e. The van der Waals surface area contributed by atoms with Crippen molar-refractivity contribution in [2.45, 2.75) is 57.0 Å². The number of amides is 1. The smallest absolute Gasteiger partial charge is 0.330 e. The third-order valence-corrected chi connectivity index (χ3v) is 11.5. The largest absolute Gasteiger partial charge is 0.481 e. The second-order valence-corrected chi connectivity index (χ2v) is 14.4. The number of hydrogen-bond donors (Lipinski definition) is 2. The molecule has 3 aromatic heterocycles. The number of piperidine rings is 1. The van der Waals surface area contributed by atoms with E-state index in [1.807, 2.05) is 43.3 Å². The van der Waals surface area contributed by atoms with Crippen LogP contribution in [0.25, 0.3) is 33.3 Å². The van der Waals surface area contributed by atoms with Crippen LogP contribution in [0, 0.1) is 6.92 Å². The summed E-state index contributed by atoms with van der Waals surface area (Å²) < 4.78 is 8.40. The fraction of sp³-hybridized carbons (Fsp3) is 0.368. The number of carbonyl (C=O) groups is 1. The predicted molar refractivity (Wildman–Crippen MR) is 197 cm³/mol. The Morgan fingerprint density at radius 2 is 1.80 bits per heavy atom. The highest BCUT2D eigenvalue weighted by molar-refractivity contribution is 6.36. The lowest BCUT2D eigenvalue weighted by molar-refractivity contribution is -0.125. The summed E-state index contributed by atoms with van der Waals surface area (Å²) in [4.78, 5) is 45.5. The number of anilines is 2. The molecule has 1 spiro atoms. The minimum atomic E-state index is -0.458. The molecule has 0 saturated carbocycles. The Morgan fingerprint density at radius 1 is 1.02 bits per heavy atom. The summed E-state index contributed by atoms with van der Waals surface area (Å²) in [6.07, 6.45) is 6.84. The maximum absolute atomic E-state index is 13.2. The average molecular weight is 707 g/mol. The normalized spacial score (nSPS) is 20.2. The number of aromatic nitrogens is 5. The Morgan fingerprint density at radius 3 is 2.61 bits per heavy atom. The summed E-state index contributed by atoms with van der Waals surface area (Å²) in [6.45, 7) is 3.75. The summed E-state index contributed by atoms with van der Waals surface area (Å²) in [5.74, 6) is 1.03. The molecule has 2 atom stereocenters. The highest BCUT2D eigenvalue weighted by Gasteiger charge is 2.45. The van der Waals surface area contributed by atoms with Gasteiger partial charge in [-0.3, -0.25) is 23.6 Å². The van der Waals surface area contributed by atoms with E-state index in [4.69, 9.17) is 21.3 Å². The molecule has 0 radical (unpaired) electrons. The molecule has 2 aromatic carbocycles. The van der Waals surface area contributed by atoms with Crippen molar-refractivity contribution in [2.75, 3.05) is 25.5 Å². The standard InChI is InChI=1S/C38H39ClN8O4/c1-21-23(8-6-11-26(21)41-34-32-29(19-40-44-34)45(2)37(50)46(3)36(32)49)24-9-5-10-25(33(24)39)27-18-22-13-14-28(31(22)35(42-27)51-4)47-17-16-38(20-47)15-7-12-30(48)43-38/h5-6,8-11,18-19,28H,7,12-17,20H2,1-4H3,(H,41,44)(H,43,48). The molecule has 262 valence electrons. The van der Waals surface area contributed by atoms with Crippen LogP contribution in [0.1, 0.15) is 54.8 Å². The van der Waals surface area contributed by atoms with E-state index < -0.39 is 11.2 Å². The quantitative estimate of drug-likeness (QED) is 0.244. The number of rotatable bonds is 6. The Kier molecular flexibility index (Phi) is 8.18. The number of hydrogen-bond acceptors (Lipinski definition) is 9. The molecule has 3 aliphatic rings. The zero-order chi connectivity index (χ0) is 35.6. The number of ether oxygens (including phenoxy) is 1. The Hall–Kier alpha value is -5.07. The van der Waals surface area contributed by atoms with Crippen LogP contribution in [0.15, 0.2) is 58.3 Å². The van der Waals surface area contributed by atoms with E-state index in [-0.39, 0.29) is 28.7 Å². The number of likely N-dealkylation sites (tertiary alicyclic amines) is 1. The molecular formula is C38H39ClN8O4. The Bertz CT molecular complexity index is 2370. The van der Waals surface area contributed by atoms with E-state index in [0.29, 0.717) is 28.5 Å². The summed E-state index contributed by atoms with van der Waals surface area (Å²) in [7, 11) is 4.71. The van der Waals surface area contributed by atoms with Crippen molar-refractivity contribution >= 4 is 39.9 Å². The maximum atomic E-state index is 13.2. The number of nitrogens with one attached hydrogen (secondary N) is 2. The van der Waals surface area contributed by atoms with Crippen molar-refractivity contribution in [1.82, 2.24) is 34.5 Å². The van der Waals surface area contributed by atoms with Gasteiger partial charge in [0, 0.05) is 62.0 Å². The summed E-state index contributed by atoms with van der Waals surface area (Å²) in [6, 6.07) is 14.1. The van der Waals surface area contributed by atoms with Gasteiger partial charge in [0.25, 0.3) is 5.56 Å². The first kappa shape index (κ1) is 33.1. The fourth-order valence-corrected chi connectivity index (χ4v) is 8.69. The number of carbonyl (C=O) groups excluding carboxylic acids is 1. The number of fused-ring (bicyclic) bond motifs is 2. The van der Waals surface area contributed by atoms with Gasteiger partial charge in [0.1, 0.15) is 5.39 Å². The average Bonchev–Trinajstić information content (AvgIpc) is 3.74. The van der Waals surface area contributed by atoms with Crippen LogP contribution in [0.5, 0.6) is 5.88 Å². The van der Waals surface area contributed by atoms with Gasteiger partial charge in [-0.05, 0) is 67.9 Å². The van der Waals surface area contributed by atoms with E-state index >= 15 is 0 Å². The molecule has 12 nitrogen and oxygen atoms in total. The van der Waals surface area contributed by atoms with Gasteiger partial charge < -0.3 is 15.4 Å². The molecule has 5 aromatic rings. The highest BCUT2D eigenvalue weighted by Crippen LogP contribution is 2.47. The first-order chi connectivity index (χ1) is 24.6. The number of pyridine rings is 1. The number of aryl methyl sites for hydroxylation is 2. The van der Waals surface area contributed by atoms with Crippen molar-refractivity contribution in [3.05, 3.63) is 91.2 Å². The van der Waals surface area contributed by atoms with Crippen LogP contribution in [0.3, 0.4) is 0 Å². The van der Waals surface area contributed by atoms with Crippen LogP contribution in [0.2, 0.25) is 5.02 Å². The van der Waals surface area contributed by atoms with Crippen molar-refractivity contribution in [2.24, 2.45) is 14.1 Å². The molecule has 2 N–H and O–H groups in total. The molecule has 51 heavy (non-hydrogen) atoms. The zero-order valence-electron chi connectivity index (χ0n) is 29.0. The van der Waals surface area contributed by atoms with Gasteiger partial charge in [0.15, 0.2) is 5.82 Å². The first-order valence-electron chi connectivity index (χ1n) is 17.3. The van der Waals surface area contributed by atoms with Crippen LogP contribution in [0.4, 0.5) is 11.5 Å². The third kappa shape index (κ3) is 5.48. The molecule has 13 heteroatoms. The van der Waals surface area contributed by atoms with Crippen molar-refractivity contribution < 1.29 is 9.53 Å². The molecule has 2 unspecified atom stereocenters. The van der Waals surface area contributed by atoms with Crippen molar-refractivity contribution in [3.63, 3.8) is 0 Å². The fourth-order valence-electron chi connectivity index (χ4n) is 8.37. The van der Waals surface area contributed by atoms with Crippen molar-refractivity contribution in [1.29, 1.82) is 0 Å². The van der Waals surface area contributed by atoms with Gasteiger partial charge >= 0.3 is 5.69 Å². The Labute approximate surface area is 299 Å². The van der Waals surface area contributed by atoms with Gasteiger partial charge in [0.2, 0.25) is 11.8 Å². The van der Waals surface area contributed by atoms with Gasteiger partial charge in [-0.25, -0.2) is 9.78 Å². The van der Waals surface area contributed by atoms with Crippen LogP contribution in [-0.2, 0) is 25.3 Å². The third-order valence-electron chi connectivity index (χ3n) is 11.0. The summed E-state index contributed by atoms with van der Waals surface area (Å²) in [5.41, 5.74) is 6.56. The number of methoxy groups -OCH3 is 1. The van der Waals surface area contributed by atoms with E-state index in [1.165, 1.54) is 23.4 Å². The minimum absolute atomic E-state index is 0.128. The van der Waals surface area contributed by atoms with Gasteiger partial charge in [0.05, 0.1) is 35.1 Å². The molecule has 1 amide bonds. The van der Waals surface area contributed by atoms with Crippen LogP contribution < -0.4 is 26.6 Å². The van der Waals surface area contributed by atoms with Crippen LogP contribution in [-0.4, -0.2) is 60.9 Å². The first-order valence-corrected chi connectivity index (χ1v) is 17.7. The van der Waals surface area contributed by atoms with E-state index in [9.17, 15) is 14.4 Å². The molecule has 5 heterocycles. The van der Waals surface area contributed by atoms with Gasteiger partial charge in [-0.15, -0.1) is 5.10 Å². The SMILES string of the molecule is COc1nc(-c2cccc(-c3cccc(Nc4nncc5c4c(=O)n(C)c(=O)n5C)c3C)c2Cl)cc2c1C(N1CCC3(CCCC(=O)N3)C1)CC2. The molecule has 8 rings (SSSR count). The zero-order valence-corrected chi connectivity index (χ0v) is 29.8. The number of nitrogens with zero attached hydrogens (tertiary/aromatic N) is 6. The lowest BCUT2D eigenvalue weighted by Gasteiger charge is -2.35. The Balaban J connectivity index is 1.12. The van der Waals surface area contributed by atoms with E-state index in [2.05, 4.69) is 31.8 Å². The maximum Gasteiger partial charge on any atom is 0.330 e. The van der Waals surface area contributed by atoms with Gasteiger partial charge in [-0.2, -0.15) is 5.10 Å². The second-order valence-electron chi connectivity index (χ2n) is 14.0. The van der Waals surface area contributed by atoms with Crippen LogP contribution >= 0.6 is 11.6 Å². The summed E-state index contributed by atoms with van der Waals surface area (Å²) >= 11 is 7.24. The van der Waals surface area contributed by atoms with E-state index in [0.717, 1.165) is 83.3 Å². The monoisotopic (exact) mass is 706 g/mol. The number of benzene rings is 2. The lowest BCUT2D eigenvalue weighted by atomic mass is 9.88. The molecule has 2 aliphatic heterocycles. The molecule has 2 fully saturated rings. The predicted octanol–water partition coefficient (Wildman–Crippen LogP) is 5.20. The molecule has 2 saturated heterocycles. The summed E-state index contributed by atoms with van der Waals surface area (Å²) in [5, 5.41) is 15.7. The second kappa shape index (κ2) is 12.6.